The van der Waals surface area contributed by atoms with E-state index in [9.17, 15) is 0 Å². The lowest BCUT2D eigenvalue weighted by Gasteiger charge is -2.36. The molecule has 2 rings (SSSR count). The highest BCUT2D eigenvalue weighted by atomic mass is 79.9. The molecule has 1 aliphatic carbocycles. The summed E-state index contributed by atoms with van der Waals surface area (Å²) in [6.07, 6.45) is 2.39. The number of aliphatic hydroxyl groups is 1. The van der Waals surface area contributed by atoms with Gasteiger partial charge in [0.05, 0.1) is 0 Å². The maximum absolute atomic E-state index is 9.09. The molecule has 0 radical (unpaired) electrons. The molecule has 1 nitrogen and oxygen atoms in total. The van der Waals surface area contributed by atoms with Crippen LogP contribution in [-0.4, -0.2) is 11.7 Å². The average molecular weight is 241 g/mol. The second kappa shape index (κ2) is 3.81. The lowest BCUT2D eigenvalue weighted by molar-refractivity contribution is 0.135. The molecule has 2 atom stereocenters. The summed E-state index contributed by atoms with van der Waals surface area (Å²) in [6, 6.07) is 8.31. The largest absolute Gasteiger partial charge is 0.396 e. The van der Waals surface area contributed by atoms with E-state index in [0.717, 1.165) is 0 Å². The summed E-state index contributed by atoms with van der Waals surface area (Å²) >= 11 is 3.55. The SMILES string of the molecule is OCC1CCC1c1ccccc1Br. The summed E-state index contributed by atoms with van der Waals surface area (Å²) in [6.45, 7) is 0.325. The second-order valence-electron chi connectivity index (χ2n) is 3.65. The summed E-state index contributed by atoms with van der Waals surface area (Å²) in [4.78, 5) is 0. The third kappa shape index (κ3) is 1.65. The summed E-state index contributed by atoms with van der Waals surface area (Å²) < 4.78 is 1.18. The molecule has 1 saturated carbocycles. The van der Waals surface area contributed by atoms with Gasteiger partial charge in [-0.2, -0.15) is 0 Å². The number of halogens is 1. The Bertz CT molecular complexity index is 296. The molecule has 0 bridgehead atoms. The Morgan fingerprint density at radius 1 is 1.31 bits per heavy atom. The van der Waals surface area contributed by atoms with Crippen molar-refractivity contribution in [2.24, 2.45) is 5.92 Å². The van der Waals surface area contributed by atoms with E-state index in [0.29, 0.717) is 18.4 Å². The van der Waals surface area contributed by atoms with Crippen molar-refractivity contribution in [3.05, 3.63) is 34.3 Å². The summed E-state index contributed by atoms with van der Waals surface area (Å²) in [5.41, 5.74) is 1.35. The fourth-order valence-electron chi connectivity index (χ4n) is 1.97. The van der Waals surface area contributed by atoms with Gasteiger partial charge < -0.3 is 5.11 Å². The third-order valence-electron chi connectivity index (χ3n) is 2.96. The van der Waals surface area contributed by atoms with E-state index in [4.69, 9.17) is 5.11 Å². The van der Waals surface area contributed by atoms with Crippen molar-refractivity contribution in [1.29, 1.82) is 0 Å². The second-order valence-corrected chi connectivity index (χ2v) is 4.50. The van der Waals surface area contributed by atoms with Crippen LogP contribution in [0.15, 0.2) is 28.7 Å². The lowest BCUT2D eigenvalue weighted by atomic mass is 9.70. The molecule has 1 aliphatic rings. The van der Waals surface area contributed by atoms with Crippen LogP contribution < -0.4 is 0 Å². The first-order valence-corrected chi connectivity index (χ1v) is 5.47. The lowest BCUT2D eigenvalue weighted by Crippen LogP contribution is -2.27. The monoisotopic (exact) mass is 240 g/mol. The van der Waals surface area contributed by atoms with Crippen molar-refractivity contribution >= 4 is 15.9 Å². The van der Waals surface area contributed by atoms with Crippen LogP contribution in [0, 0.1) is 5.92 Å². The molecule has 70 valence electrons. The smallest absolute Gasteiger partial charge is 0.0465 e. The molecule has 0 amide bonds. The van der Waals surface area contributed by atoms with Gasteiger partial charge in [-0.15, -0.1) is 0 Å². The average Bonchev–Trinajstić information content (AvgIpc) is 2.08. The first-order valence-electron chi connectivity index (χ1n) is 4.68. The Hall–Kier alpha value is -0.340. The third-order valence-corrected chi connectivity index (χ3v) is 3.68. The van der Waals surface area contributed by atoms with E-state index in [1.54, 1.807) is 0 Å². The van der Waals surface area contributed by atoms with Crippen LogP contribution in [0.25, 0.3) is 0 Å². The van der Waals surface area contributed by atoms with Crippen LogP contribution in [0.2, 0.25) is 0 Å². The van der Waals surface area contributed by atoms with E-state index in [1.165, 1.54) is 22.9 Å². The van der Waals surface area contributed by atoms with Gasteiger partial charge >= 0.3 is 0 Å². The first kappa shape index (κ1) is 9.22. The van der Waals surface area contributed by atoms with Crippen LogP contribution in [0.5, 0.6) is 0 Å². The van der Waals surface area contributed by atoms with Gasteiger partial charge in [0, 0.05) is 11.1 Å². The maximum atomic E-state index is 9.09. The number of aliphatic hydroxyl groups excluding tert-OH is 1. The van der Waals surface area contributed by atoms with Gasteiger partial charge in [0.15, 0.2) is 0 Å². The zero-order valence-electron chi connectivity index (χ0n) is 7.41. The van der Waals surface area contributed by atoms with Crippen LogP contribution in [-0.2, 0) is 0 Å². The molecule has 2 heteroatoms. The zero-order valence-corrected chi connectivity index (χ0v) is 9.00. The van der Waals surface area contributed by atoms with Gasteiger partial charge in [0.2, 0.25) is 0 Å². The Morgan fingerprint density at radius 3 is 2.62 bits per heavy atom. The van der Waals surface area contributed by atoms with Crippen molar-refractivity contribution in [3.8, 4) is 0 Å². The molecule has 1 aromatic carbocycles. The number of hydrogen-bond acceptors (Lipinski definition) is 1. The molecular weight excluding hydrogens is 228 g/mol. The predicted octanol–water partition coefficient (Wildman–Crippen LogP) is 2.94. The minimum Gasteiger partial charge on any atom is -0.396 e. The van der Waals surface area contributed by atoms with Crippen molar-refractivity contribution in [2.75, 3.05) is 6.61 Å². The van der Waals surface area contributed by atoms with Crippen LogP contribution in [0.1, 0.15) is 24.3 Å². The normalized spacial score (nSPS) is 26.9. The molecular formula is C11H13BrO. The quantitative estimate of drug-likeness (QED) is 0.843. The van der Waals surface area contributed by atoms with Crippen molar-refractivity contribution in [3.63, 3.8) is 0 Å². The van der Waals surface area contributed by atoms with Crippen molar-refractivity contribution in [2.45, 2.75) is 18.8 Å². The molecule has 0 aliphatic heterocycles. The summed E-state index contributed by atoms with van der Waals surface area (Å²) in [5.74, 6) is 1.05. The Kier molecular flexibility index (Phi) is 2.70. The van der Waals surface area contributed by atoms with E-state index < -0.39 is 0 Å². The van der Waals surface area contributed by atoms with Gasteiger partial charge in [-0.1, -0.05) is 34.1 Å². The molecule has 2 unspecified atom stereocenters. The van der Waals surface area contributed by atoms with Crippen molar-refractivity contribution < 1.29 is 5.11 Å². The number of benzene rings is 1. The highest BCUT2D eigenvalue weighted by molar-refractivity contribution is 9.10. The van der Waals surface area contributed by atoms with Crippen LogP contribution in [0.4, 0.5) is 0 Å². The van der Waals surface area contributed by atoms with Gasteiger partial charge in [-0.25, -0.2) is 0 Å². The molecule has 0 saturated heterocycles. The first-order chi connectivity index (χ1) is 6.33. The topological polar surface area (TPSA) is 20.2 Å². The van der Waals surface area contributed by atoms with Gasteiger partial charge in [0.25, 0.3) is 0 Å². The number of rotatable bonds is 2. The molecule has 1 N–H and O–H groups in total. The number of hydrogen-bond donors (Lipinski definition) is 1. The van der Waals surface area contributed by atoms with E-state index in [-0.39, 0.29) is 0 Å². The van der Waals surface area contributed by atoms with Crippen LogP contribution in [0.3, 0.4) is 0 Å². The predicted molar refractivity (Wildman–Crippen MR) is 56.7 cm³/mol. The molecule has 13 heavy (non-hydrogen) atoms. The molecule has 0 heterocycles. The minimum absolute atomic E-state index is 0.325. The molecule has 0 aromatic heterocycles. The van der Waals surface area contributed by atoms with E-state index >= 15 is 0 Å². The Morgan fingerprint density at radius 2 is 2.08 bits per heavy atom. The molecule has 1 fully saturated rings. The van der Waals surface area contributed by atoms with Gasteiger partial charge in [-0.3, -0.25) is 0 Å². The highest BCUT2D eigenvalue weighted by Crippen LogP contribution is 2.44. The van der Waals surface area contributed by atoms with Crippen molar-refractivity contribution in [1.82, 2.24) is 0 Å². The zero-order chi connectivity index (χ0) is 9.26. The Labute approximate surface area is 86.9 Å². The summed E-state index contributed by atoms with van der Waals surface area (Å²) in [7, 11) is 0. The minimum atomic E-state index is 0.325. The van der Waals surface area contributed by atoms with Gasteiger partial charge in [0.1, 0.15) is 0 Å². The van der Waals surface area contributed by atoms with E-state index in [1.807, 2.05) is 6.07 Å². The molecule has 0 spiro atoms. The van der Waals surface area contributed by atoms with E-state index in [2.05, 4.69) is 34.1 Å². The molecule has 1 aromatic rings. The maximum Gasteiger partial charge on any atom is 0.0465 e. The highest BCUT2D eigenvalue weighted by Gasteiger charge is 2.32. The summed E-state index contributed by atoms with van der Waals surface area (Å²) in [5, 5.41) is 9.09. The fourth-order valence-corrected chi connectivity index (χ4v) is 2.55. The van der Waals surface area contributed by atoms with Gasteiger partial charge in [-0.05, 0) is 36.3 Å². The Balaban J connectivity index is 2.21. The fraction of sp³-hybridized carbons (Fsp3) is 0.455. The standard InChI is InChI=1S/C11H13BrO/c12-11-4-2-1-3-10(11)9-6-5-8(9)7-13/h1-4,8-9,13H,5-7H2. The van der Waals surface area contributed by atoms with Crippen LogP contribution >= 0.6 is 15.9 Å².